The molecular weight excluding hydrogens is 273 g/mol. The van der Waals surface area contributed by atoms with Gasteiger partial charge in [0.1, 0.15) is 5.82 Å². The van der Waals surface area contributed by atoms with E-state index in [0.29, 0.717) is 30.6 Å². The molecule has 5 nitrogen and oxygen atoms in total. The molecule has 0 spiro atoms. The first kappa shape index (κ1) is 15.2. The average Bonchev–Trinajstić information content (AvgIpc) is 2.48. The summed E-state index contributed by atoms with van der Waals surface area (Å²) >= 11 is 0. The average molecular weight is 291 g/mol. The minimum atomic E-state index is -0.352. The van der Waals surface area contributed by atoms with Crippen LogP contribution < -0.4 is 16.6 Å². The van der Waals surface area contributed by atoms with Crippen molar-refractivity contribution >= 4 is 0 Å². The number of nitrogens with zero attached hydrogens (tertiary/aromatic N) is 2. The van der Waals surface area contributed by atoms with Gasteiger partial charge in [-0.15, -0.1) is 0 Å². The number of hydrogen-bond donors (Lipinski definition) is 1. The van der Waals surface area contributed by atoms with Gasteiger partial charge in [-0.2, -0.15) is 0 Å². The van der Waals surface area contributed by atoms with E-state index in [4.69, 9.17) is 0 Å². The predicted molar refractivity (Wildman–Crippen MR) is 78.7 cm³/mol. The monoisotopic (exact) mass is 291 g/mol. The van der Waals surface area contributed by atoms with Crippen molar-refractivity contribution < 1.29 is 4.39 Å². The van der Waals surface area contributed by atoms with Gasteiger partial charge in [-0.25, -0.2) is 9.18 Å². The molecule has 0 aliphatic heterocycles. The molecule has 0 aliphatic carbocycles. The number of aromatic nitrogens is 2. The van der Waals surface area contributed by atoms with Crippen molar-refractivity contribution in [2.75, 3.05) is 6.54 Å². The molecule has 0 bridgehead atoms. The molecule has 1 aromatic heterocycles. The summed E-state index contributed by atoms with van der Waals surface area (Å²) in [6.07, 6.45) is 2.07. The first-order valence-corrected chi connectivity index (χ1v) is 6.70. The number of nitrogens with one attached hydrogen (secondary N) is 1. The minimum Gasteiger partial charge on any atom is -0.312 e. The maximum atomic E-state index is 13.4. The molecular formula is C15H18FN3O2. The van der Waals surface area contributed by atoms with E-state index in [0.717, 1.165) is 4.57 Å². The zero-order valence-corrected chi connectivity index (χ0v) is 12.1. The quantitative estimate of drug-likeness (QED) is 0.819. The van der Waals surface area contributed by atoms with Crippen molar-refractivity contribution in [2.24, 2.45) is 14.1 Å². The number of rotatable bonds is 5. The molecule has 0 aliphatic rings. The van der Waals surface area contributed by atoms with Crippen molar-refractivity contribution in [2.45, 2.75) is 13.0 Å². The van der Waals surface area contributed by atoms with E-state index in [2.05, 4.69) is 5.32 Å². The van der Waals surface area contributed by atoms with Crippen LogP contribution in [0.25, 0.3) is 0 Å². The molecule has 112 valence electrons. The zero-order valence-electron chi connectivity index (χ0n) is 12.1. The predicted octanol–water partition coefficient (Wildman–Crippen LogP) is 0.555. The maximum Gasteiger partial charge on any atom is 0.330 e. The van der Waals surface area contributed by atoms with Gasteiger partial charge in [-0.3, -0.25) is 9.36 Å². The lowest BCUT2D eigenvalue weighted by molar-refractivity contribution is 0.593. The molecule has 1 heterocycles. The van der Waals surface area contributed by atoms with Crippen LogP contribution in [0.1, 0.15) is 11.1 Å². The topological polar surface area (TPSA) is 56.0 Å². The van der Waals surface area contributed by atoms with Crippen molar-refractivity contribution in [3.8, 4) is 0 Å². The van der Waals surface area contributed by atoms with E-state index in [9.17, 15) is 14.0 Å². The fourth-order valence-electron chi connectivity index (χ4n) is 2.15. The number of aryl methyl sites for hydroxylation is 1. The fourth-order valence-corrected chi connectivity index (χ4v) is 2.15. The van der Waals surface area contributed by atoms with Crippen molar-refractivity contribution in [1.29, 1.82) is 0 Å². The third-order valence-corrected chi connectivity index (χ3v) is 3.36. The first-order chi connectivity index (χ1) is 10.0. The fraction of sp³-hybridized carbons (Fsp3) is 0.333. The maximum absolute atomic E-state index is 13.4. The molecule has 21 heavy (non-hydrogen) atoms. The second-order valence-electron chi connectivity index (χ2n) is 4.93. The van der Waals surface area contributed by atoms with Crippen LogP contribution in [-0.2, 0) is 27.1 Å². The molecule has 2 aromatic rings. The van der Waals surface area contributed by atoms with Gasteiger partial charge in [0.25, 0.3) is 5.56 Å². The Labute approximate surface area is 121 Å². The van der Waals surface area contributed by atoms with Crippen molar-refractivity contribution in [3.63, 3.8) is 0 Å². The smallest absolute Gasteiger partial charge is 0.312 e. The van der Waals surface area contributed by atoms with Gasteiger partial charge in [-0.1, -0.05) is 18.2 Å². The molecule has 0 unspecified atom stereocenters. The standard InChI is InChI=1S/C15H18FN3O2/c1-18-10-12(14(20)19(2)15(18)21)9-17-8-7-11-5-3-4-6-13(11)16/h3-6,10,17H,7-9H2,1-2H3. The highest BCUT2D eigenvalue weighted by atomic mass is 19.1. The summed E-state index contributed by atoms with van der Waals surface area (Å²) in [5.41, 5.74) is 0.484. The Kier molecular flexibility index (Phi) is 4.70. The van der Waals surface area contributed by atoms with Crippen LogP contribution in [0.3, 0.4) is 0 Å². The highest BCUT2D eigenvalue weighted by molar-refractivity contribution is 5.17. The van der Waals surface area contributed by atoms with E-state index >= 15 is 0 Å². The Bertz CT molecular complexity index is 749. The molecule has 6 heteroatoms. The SMILES string of the molecule is Cn1cc(CNCCc2ccccc2F)c(=O)n(C)c1=O. The van der Waals surface area contributed by atoms with Crippen LogP contribution in [0.5, 0.6) is 0 Å². The third kappa shape index (κ3) is 3.46. The highest BCUT2D eigenvalue weighted by Gasteiger charge is 2.06. The van der Waals surface area contributed by atoms with E-state index in [1.54, 1.807) is 25.2 Å². The lowest BCUT2D eigenvalue weighted by Gasteiger charge is -2.08. The summed E-state index contributed by atoms with van der Waals surface area (Å²) < 4.78 is 15.9. The molecule has 0 amide bonds. The zero-order chi connectivity index (χ0) is 15.4. The van der Waals surface area contributed by atoms with E-state index in [1.807, 2.05) is 0 Å². The Hall–Kier alpha value is -2.21. The van der Waals surface area contributed by atoms with Gasteiger partial charge in [0.2, 0.25) is 0 Å². The van der Waals surface area contributed by atoms with Crippen LogP contribution in [0.2, 0.25) is 0 Å². The molecule has 0 saturated heterocycles. The third-order valence-electron chi connectivity index (χ3n) is 3.36. The second kappa shape index (κ2) is 6.49. The molecule has 0 saturated carbocycles. The number of hydrogen-bond acceptors (Lipinski definition) is 3. The normalized spacial score (nSPS) is 10.8. The molecule has 2 rings (SSSR count). The lowest BCUT2D eigenvalue weighted by Crippen LogP contribution is -2.39. The van der Waals surface area contributed by atoms with Crippen LogP contribution in [0.4, 0.5) is 4.39 Å². The second-order valence-corrected chi connectivity index (χ2v) is 4.93. The summed E-state index contributed by atoms with van der Waals surface area (Å²) in [6.45, 7) is 0.891. The minimum absolute atomic E-state index is 0.225. The number of halogens is 1. The van der Waals surface area contributed by atoms with Crippen LogP contribution >= 0.6 is 0 Å². The summed E-state index contributed by atoms with van der Waals surface area (Å²) in [5.74, 6) is -0.225. The van der Waals surface area contributed by atoms with Crippen molar-refractivity contribution in [1.82, 2.24) is 14.5 Å². The van der Waals surface area contributed by atoms with Gasteiger partial charge in [0, 0.05) is 32.4 Å². The van der Waals surface area contributed by atoms with Gasteiger partial charge >= 0.3 is 5.69 Å². The summed E-state index contributed by atoms with van der Waals surface area (Å²) in [7, 11) is 3.05. The largest absolute Gasteiger partial charge is 0.330 e. The highest BCUT2D eigenvalue weighted by Crippen LogP contribution is 2.06. The summed E-state index contributed by atoms with van der Waals surface area (Å²) in [6, 6.07) is 6.61. The molecule has 0 radical (unpaired) electrons. The molecule has 0 fully saturated rings. The van der Waals surface area contributed by atoms with Gasteiger partial charge in [-0.05, 0) is 24.6 Å². The number of benzene rings is 1. The Morgan fingerprint density at radius 1 is 1.14 bits per heavy atom. The van der Waals surface area contributed by atoms with Crippen LogP contribution in [0, 0.1) is 5.82 Å². The Balaban J connectivity index is 1.97. The molecule has 0 atom stereocenters. The van der Waals surface area contributed by atoms with E-state index in [1.165, 1.54) is 23.9 Å². The van der Waals surface area contributed by atoms with Crippen molar-refractivity contribution in [3.05, 3.63) is 68.2 Å². The lowest BCUT2D eigenvalue weighted by atomic mass is 10.1. The van der Waals surface area contributed by atoms with E-state index in [-0.39, 0.29) is 17.1 Å². The first-order valence-electron chi connectivity index (χ1n) is 6.70. The molecule has 1 N–H and O–H groups in total. The van der Waals surface area contributed by atoms with E-state index < -0.39 is 0 Å². The summed E-state index contributed by atoms with van der Waals surface area (Å²) in [5, 5.41) is 3.10. The van der Waals surface area contributed by atoms with Crippen LogP contribution in [0.15, 0.2) is 40.1 Å². The Morgan fingerprint density at radius 3 is 2.57 bits per heavy atom. The van der Waals surface area contributed by atoms with Gasteiger partial charge in [0.15, 0.2) is 0 Å². The summed E-state index contributed by atoms with van der Waals surface area (Å²) in [4.78, 5) is 23.5. The van der Waals surface area contributed by atoms with Crippen LogP contribution in [-0.4, -0.2) is 15.7 Å². The van der Waals surface area contributed by atoms with Gasteiger partial charge in [0.05, 0.1) is 0 Å². The molecule has 1 aromatic carbocycles. The van der Waals surface area contributed by atoms with Gasteiger partial charge < -0.3 is 9.88 Å². The Morgan fingerprint density at radius 2 is 1.86 bits per heavy atom.